The van der Waals surface area contributed by atoms with E-state index in [1.165, 1.54) is 12.0 Å². The lowest BCUT2D eigenvalue weighted by molar-refractivity contribution is 0.422. The highest BCUT2D eigenvalue weighted by Crippen LogP contribution is 2.31. The molecule has 0 aromatic carbocycles. The molecule has 4 nitrogen and oxygen atoms in total. The monoisotopic (exact) mass is 290 g/mol. The van der Waals surface area contributed by atoms with Gasteiger partial charge in [-0.2, -0.15) is 0 Å². The molecule has 1 aromatic rings. The Morgan fingerprint density at radius 1 is 1.29 bits per heavy atom. The van der Waals surface area contributed by atoms with Gasteiger partial charge in [0.2, 0.25) is 0 Å². The maximum Gasteiger partial charge on any atom is 0.137 e. The van der Waals surface area contributed by atoms with Crippen molar-refractivity contribution in [1.82, 2.24) is 9.97 Å². The molecule has 0 aliphatic carbocycles. The van der Waals surface area contributed by atoms with Gasteiger partial charge < -0.3 is 10.2 Å². The van der Waals surface area contributed by atoms with Gasteiger partial charge >= 0.3 is 0 Å². The summed E-state index contributed by atoms with van der Waals surface area (Å²) in [6.45, 7) is 14.3. The first kappa shape index (κ1) is 16.1. The number of hydrogen-bond donors (Lipinski definition) is 1. The zero-order valence-corrected chi connectivity index (χ0v) is 14.2. The summed E-state index contributed by atoms with van der Waals surface area (Å²) in [4.78, 5) is 12.0. The zero-order valence-electron chi connectivity index (χ0n) is 14.2. The molecule has 1 aliphatic rings. The largest absolute Gasteiger partial charge is 0.370 e. The van der Waals surface area contributed by atoms with E-state index in [1.54, 1.807) is 0 Å². The lowest BCUT2D eigenvalue weighted by atomic mass is 9.95. The van der Waals surface area contributed by atoms with Gasteiger partial charge in [-0.1, -0.05) is 20.8 Å². The van der Waals surface area contributed by atoms with Gasteiger partial charge in [0.15, 0.2) is 0 Å². The molecule has 2 heterocycles. The molecule has 0 radical (unpaired) electrons. The number of rotatable bonds is 6. The van der Waals surface area contributed by atoms with Crippen LogP contribution in [0.3, 0.4) is 0 Å². The number of nitrogens with one attached hydrogen (secondary N) is 1. The summed E-state index contributed by atoms with van der Waals surface area (Å²) < 4.78 is 0. The van der Waals surface area contributed by atoms with Gasteiger partial charge in [0, 0.05) is 31.6 Å². The van der Waals surface area contributed by atoms with Crippen molar-refractivity contribution in [2.24, 2.45) is 11.8 Å². The van der Waals surface area contributed by atoms with Crippen molar-refractivity contribution in [3.63, 3.8) is 0 Å². The summed E-state index contributed by atoms with van der Waals surface area (Å²) in [5, 5.41) is 3.39. The first-order valence-corrected chi connectivity index (χ1v) is 8.43. The predicted molar refractivity (Wildman–Crippen MR) is 90.1 cm³/mol. The molecule has 1 fully saturated rings. The van der Waals surface area contributed by atoms with Crippen molar-refractivity contribution in [3.05, 3.63) is 11.4 Å². The Hall–Kier alpha value is -1.32. The SMILES string of the molecule is CCCc1nc(NCC)c(C)c(N2CCC(C(C)C)C2)n1. The minimum absolute atomic E-state index is 0.750. The molecule has 1 N–H and O–H groups in total. The minimum Gasteiger partial charge on any atom is -0.370 e. The van der Waals surface area contributed by atoms with Crippen molar-refractivity contribution in [2.45, 2.75) is 53.9 Å². The lowest BCUT2D eigenvalue weighted by Gasteiger charge is -2.23. The van der Waals surface area contributed by atoms with E-state index in [-0.39, 0.29) is 0 Å². The Labute approximate surface area is 129 Å². The number of aryl methyl sites for hydroxylation is 1. The van der Waals surface area contributed by atoms with E-state index in [0.717, 1.165) is 61.8 Å². The number of nitrogens with zero attached hydrogens (tertiary/aromatic N) is 3. The molecule has 1 atom stereocenters. The molecule has 0 amide bonds. The molecule has 1 saturated heterocycles. The van der Waals surface area contributed by atoms with E-state index < -0.39 is 0 Å². The highest BCUT2D eigenvalue weighted by atomic mass is 15.2. The van der Waals surface area contributed by atoms with E-state index in [1.807, 2.05) is 0 Å². The third-order valence-electron chi connectivity index (χ3n) is 4.45. The van der Waals surface area contributed by atoms with Crippen LogP contribution < -0.4 is 10.2 Å². The minimum atomic E-state index is 0.750. The summed E-state index contributed by atoms with van der Waals surface area (Å²) in [7, 11) is 0. The first-order chi connectivity index (χ1) is 10.1. The summed E-state index contributed by atoms with van der Waals surface area (Å²) in [5.41, 5.74) is 1.20. The fourth-order valence-electron chi connectivity index (χ4n) is 3.06. The fraction of sp³-hybridized carbons (Fsp3) is 0.765. The Kier molecular flexibility index (Phi) is 5.43. The van der Waals surface area contributed by atoms with Gasteiger partial charge in [-0.05, 0) is 38.5 Å². The topological polar surface area (TPSA) is 41.1 Å². The summed E-state index contributed by atoms with van der Waals surface area (Å²) in [5.74, 6) is 4.67. The van der Waals surface area contributed by atoms with Crippen LogP contribution in [0.25, 0.3) is 0 Å². The number of aromatic nitrogens is 2. The van der Waals surface area contributed by atoms with Crippen LogP contribution in [0, 0.1) is 18.8 Å². The molecule has 2 rings (SSSR count). The smallest absolute Gasteiger partial charge is 0.137 e. The Bertz CT molecular complexity index is 470. The third-order valence-corrected chi connectivity index (χ3v) is 4.45. The molecule has 4 heteroatoms. The predicted octanol–water partition coefficient (Wildman–Crippen LogP) is 3.65. The zero-order chi connectivity index (χ0) is 15.4. The molecular formula is C17H30N4. The molecule has 118 valence electrons. The van der Waals surface area contributed by atoms with Crippen molar-refractivity contribution in [2.75, 3.05) is 29.9 Å². The third kappa shape index (κ3) is 3.66. The quantitative estimate of drug-likeness (QED) is 0.868. The second-order valence-electron chi connectivity index (χ2n) is 6.46. The van der Waals surface area contributed by atoms with E-state index in [2.05, 4.69) is 49.8 Å². The molecular weight excluding hydrogens is 260 g/mol. The maximum atomic E-state index is 4.86. The first-order valence-electron chi connectivity index (χ1n) is 8.43. The summed E-state index contributed by atoms with van der Waals surface area (Å²) in [6.07, 6.45) is 3.32. The van der Waals surface area contributed by atoms with E-state index in [4.69, 9.17) is 4.98 Å². The highest BCUT2D eigenvalue weighted by molar-refractivity contribution is 5.59. The van der Waals surface area contributed by atoms with E-state index in [0.29, 0.717) is 0 Å². The Morgan fingerprint density at radius 3 is 2.62 bits per heavy atom. The normalized spacial score (nSPS) is 18.6. The lowest BCUT2D eigenvalue weighted by Crippen LogP contribution is -2.24. The van der Waals surface area contributed by atoms with Crippen LogP contribution in [-0.4, -0.2) is 29.6 Å². The molecule has 1 aliphatic heterocycles. The fourth-order valence-corrected chi connectivity index (χ4v) is 3.06. The molecule has 1 aromatic heterocycles. The highest BCUT2D eigenvalue weighted by Gasteiger charge is 2.27. The van der Waals surface area contributed by atoms with Crippen LogP contribution in [0.4, 0.5) is 11.6 Å². The standard InChI is InChI=1S/C17H30N4/c1-6-8-15-19-16(18-7-2)13(5)17(20-15)21-10-9-14(11-21)12(3)4/h12,14H,6-11H2,1-5H3,(H,18,19,20). The van der Waals surface area contributed by atoms with Crippen molar-refractivity contribution >= 4 is 11.6 Å². The van der Waals surface area contributed by atoms with E-state index >= 15 is 0 Å². The summed E-state index contributed by atoms with van der Waals surface area (Å²) >= 11 is 0. The molecule has 0 saturated carbocycles. The van der Waals surface area contributed by atoms with Gasteiger partial charge in [-0.3, -0.25) is 0 Å². The van der Waals surface area contributed by atoms with Crippen LogP contribution in [0.15, 0.2) is 0 Å². The Morgan fingerprint density at radius 2 is 2.05 bits per heavy atom. The van der Waals surface area contributed by atoms with Crippen molar-refractivity contribution in [3.8, 4) is 0 Å². The van der Waals surface area contributed by atoms with Crippen molar-refractivity contribution < 1.29 is 0 Å². The van der Waals surface area contributed by atoms with Crippen LogP contribution in [0.1, 0.15) is 51.9 Å². The second kappa shape index (κ2) is 7.10. The molecule has 1 unspecified atom stereocenters. The molecule has 0 bridgehead atoms. The second-order valence-corrected chi connectivity index (χ2v) is 6.46. The van der Waals surface area contributed by atoms with Gasteiger partial charge in [0.25, 0.3) is 0 Å². The maximum absolute atomic E-state index is 4.86. The molecule has 21 heavy (non-hydrogen) atoms. The van der Waals surface area contributed by atoms with Gasteiger partial charge in [-0.15, -0.1) is 0 Å². The van der Waals surface area contributed by atoms with Crippen molar-refractivity contribution in [1.29, 1.82) is 0 Å². The van der Waals surface area contributed by atoms with Crippen LogP contribution in [-0.2, 0) is 6.42 Å². The van der Waals surface area contributed by atoms with Crippen LogP contribution in [0.2, 0.25) is 0 Å². The van der Waals surface area contributed by atoms with Gasteiger partial charge in [0.05, 0.1) is 0 Å². The van der Waals surface area contributed by atoms with Gasteiger partial charge in [0.1, 0.15) is 17.5 Å². The van der Waals surface area contributed by atoms with Gasteiger partial charge in [-0.25, -0.2) is 9.97 Å². The Balaban J connectivity index is 2.29. The van der Waals surface area contributed by atoms with E-state index in [9.17, 15) is 0 Å². The number of anilines is 2. The van der Waals surface area contributed by atoms with Crippen LogP contribution >= 0.6 is 0 Å². The average molecular weight is 290 g/mol. The number of hydrogen-bond acceptors (Lipinski definition) is 4. The van der Waals surface area contributed by atoms with Crippen LogP contribution in [0.5, 0.6) is 0 Å². The average Bonchev–Trinajstić information content (AvgIpc) is 2.92. The summed E-state index contributed by atoms with van der Waals surface area (Å²) in [6, 6.07) is 0. The molecule has 0 spiro atoms.